The molecule has 1 aliphatic rings. The summed E-state index contributed by atoms with van der Waals surface area (Å²) in [6.07, 6.45) is 0.427. The average molecular weight is 255 g/mol. The first-order valence-electron chi connectivity index (χ1n) is 5.73. The minimum atomic E-state index is 0.00584. The number of nitrogens with zero attached hydrogens (tertiary/aromatic N) is 1. The Morgan fingerprint density at radius 1 is 1.76 bits per heavy atom. The summed E-state index contributed by atoms with van der Waals surface area (Å²) in [5.74, 6) is 0.0338. The van der Waals surface area contributed by atoms with Gasteiger partial charge in [0.25, 0.3) is 0 Å². The SMILES string of the molecule is Cc1ncsc1CNC(=O)CC1CNCCO1. The van der Waals surface area contributed by atoms with Crippen molar-refractivity contribution < 1.29 is 9.53 Å². The lowest BCUT2D eigenvalue weighted by Gasteiger charge is -2.22. The van der Waals surface area contributed by atoms with Crippen LogP contribution in [0.2, 0.25) is 0 Å². The Hall–Kier alpha value is -0.980. The Labute approximate surface area is 105 Å². The lowest BCUT2D eigenvalue weighted by atomic mass is 10.2. The molecule has 1 fully saturated rings. The zero-order valence-corrected chi connectivity index (χ0v) is 10.7. The van der Waals surface area contributed by atoms with Crippen molar-refractivity contribution in [2.75, 3.05) is 19.7 Å². The van der Waals surface area contributed by atoms with Gasteiger partial charge in [0.15, 0.2) is 0 Å². The number of aryl methyl sites for hydroxylation is 1. The fourth-order valence-corrected chi connectivity index (χ4v) is 2.42. The van der Waals surface area contributed by atoms with Gasteiger partial charge in [0.05, 0.1) is 36.9 Å². The summed E-state index contributed by atoms with van der Waals surface area (Å²) in [6.45, 7) is 4.83. The van der Waals surface area contributed by atoms with Crippen LogP contribution in [0.5, 0.6) is 0 Å². The smallest absolute Gasteiger partial charge is 0.222 e. The number of ether oxygens (including phenoxy) is 1. The van der Waals surface area contributed by atoms with Crippen LogP contribution in [-0.4, -0.2) is 36.7 Å². The van der Waals surface area contributed by atoms with E-state index in [1.165, 1.54) is 0 Å². The molecule has 1 atom stereocenters. The second-order valence-electron chi connectivity index (χ2n) is 4.04. The molecule has 2 heterocycles. The normalized spacial score (nSPS) is 20.2. The zero-order valence-electron chi connectivity index (χ0n) is 9.86. The third kappa shape index (κ3) is 3.76. The highest BCUT2D eigenvalue weighted by Gasteiger charge is 2.17. The van der Waals surface area contributed by atoms with E-state index in [0.717, 1.165) is 23.7 Å². The van der Waals surface area contributed by atoms with Crippen molar-refractivity contribution >= 4 is 17.2 Å². The quantitative estimate of drug-likeness (QED) is 0.820. The molecule has 94 valence electrons. The maximum atomic E-state index is 11.7. The van der Waals surface area contributed by atoms with Crippen LogP contribution in [0.25, 0.3) is 0 Å². The van der Waals surface area contributed by atoms with Gasteiger partial charge in [-0.1, -0.05) is 0 Å². The number of carbonyl (C=O) groups excluding carboxylic acids is 1. The van der Waals surface area contributed by atoms with Crippen LogP contribution < -0.4 is 10.6 Å². The summed E-state index contributed by atoms with van der Waals surface area (Å²) in [4.78, 5) is 16.9. The van der Waals surface area contributed by atoms with E-state index >= 15 is 0 Å². The summed E-state index contributed by atoms with van der Waals surface area (Å²) in [5.41, 5.74) is 2.79. The Morgan fingerprint density at radius 3 is 3.29 bits per heavy atom. The minimum Gasteiger partial charge on any atom is -0.375 e. The van der Waals surface area contributed by atoms with Crippen molar-refractivity contribution in [2.45, 2.75) is 26.0 Å². The molecule has 0 radical (unpaired) electrons. The molecule has 0 spiro atoms. The molecule has 5 nitrogen and oxygen atoms in total. The number of amides is 1. The van der Waals surface area contributed by atoms with Crippen molar-refractivity contribution in [3.05, 3.63) is 16.1 Å². The average Bonchev–Trinajstić information content (AvgIpc) is 2.74. The highest BCUT2D eigenvalue weighted by molar-refractivity contribution is 7.09. The fraction of sp³-hybridized carbons (Fsp3) is 0.636. The number of aromatic nitrogens is 1. The Kier molecular flexibility index (Phi) is 4.47. The first kappa shape index (κ1) is 12.5. The monoisotopic (exact) mass is 255 g/mol. The number of hydrogen-bond donors (Lipinski definition) is 2. The Bertz CT molecular complexity index is 375. The predicted octanol–water partition coefficient (Wildman–Crippen LogP) is 0.446. The molecule has 17 heavy (non-hydrogen) atoms. The number of thiazole rings is 1. The van der Waals surface area contributed by atoms with Crippen molar-refractivity contribution in [1.82, 2.24) is 15.6 Å². The fourth-order valence-electron chi connectivity index (χ4n) is 1.70. The molecule has 0 saturated carbocycles. The molecule has 2 rings (SSSR count). The van der Waals surface area contributed by atoms with E-state index in [0.29, 0.717) is 19.6 Å². The molecule has 1 aliphatic heterocycles. The van der Waals surface area contributed by atoms with Crippen LogP contribution in [0.3, 0.4) is 0 Å². The molecule has 2 N–H and O–H groups in total. The molecular formula is C11H17N3O2S. The van der Waals surface area contributed by atoms with Crippen molar-refractivity contribution in [3.8, 4) is 0 Å². The first-order chi connectivity index (χ1) is 8.25. The number of rotatable bonds is 4. The summed E-state index contributed by atoms with van der Waals surface area (Å²) in [5, 5.41) is 6.10. The molecule has 0 bridgehead atoms. The van der Waals surface area contributed by atoms with Crippen LogP contribution >= 0.6 is 11.3 Å². The summed E-state index contributed by atoms with van der Waals surface area (Å²) in [6, 6.07) is 0. The van der Waals surface area contributed by atoms with Gasteiger partial charge < -0.3 is 15.4 Å². The van der Waals surface area contributed by atoms with Gasteiger partial charge in [-0.3, -0.25) is 4.79 Å². The van der Waals surface area contributed by atoms with Crippen LogP contribution in [0.15, 0.2) is 5.51 Å². The topological polar surface area (TPSA) is 63.2 Å². The molecule has 0 aliphatic carbocycles. The van der Waals surface area contributed by atoms with Crippen LogP contribution in [0.4, 0.5) is 0 Å². The molecule has 1 aromatic rings. The predicted molar refractivity (Wildman–Crippen MR) is 65.9 cm³/mol. The molecule has 1 saturated heterocycles. The highest BCUT2D eigenvalue weighted by atomic mass is 32.1. The van der Waals surface area contributed by atoms with E-state index in [4.69, 9.17) is 4.74 Å². The third-order valence-corrected chi connectivity index (χ3v) is 3.64. The van der Waals surface area contributed by atoms with E-state index < -0.39 is 0 Å². The van der Waals surface area contributed by atoms with E-state index in [9.17, 15) is 4.79 Å². The van der Waals surface area contributed by atoms with Gasteiger partial charge in [-0.05, 0) is 6.92 Å². The highest BCUT2D eigenvalue weighted by Crippen LogP contribution is 2.11. The van der Waals surface area contributed by atoms with Gasteiger partial charge in [-0.15, -0.1) is 11.3 Å². The number of carbonyl (C=O) groups is 1. The molecule has 6 heteroatoms. The van der Waals surface area contributed by atoms with Gasteiger partial charge in [0.1, 0.15) is 0 Å². The minimum absolute atomic E-state index is 0.00584. The lowest BCUT2D eigenvalue weighted by Crippen LogP contribution is -2.41. The molecule has 0 aromatic carbocycles. The van der Waals surface area contributed by atoms with Gasteiger partial charge in [-0.2, -0.15) is 0 Å². The van der Waals surface area contributed by atoms with Crippen molar-refractivity contribution in [2.24, 2.45) is 0 Å². The van der Waals surface area contributed by atoms with Crippen LogP contribution in [0.1, 0.15) is 17.0 Å². The second-order valence-corrected chi connectivity index (χ2v) is 4.98. The standard InChI is InChI=1S/C11H17N3O2S/c1-8-10(17-7-14-8)6-13-11(15)4-9-5-12-2-3-16-9/h7,9,12H,2-6H2,1H3,(H,13,15). The van der Waals surface area contributed by atoms with Crippen molar-refractivity contribution in [3.63, 3.8) is 0 Å². The van der Waals surface area contributed by atoms with Gasteiger partial charge in [-0.25, -0.2) is 4.98 Å². The van der Waals surface area contributed by atoms with E-state index in [1.807, 2.05) is 6.92 Å². The van der Waals surface area contributed by atoms with E-state index in [1.54, 1.807) is 16.8 Å². The maximum Gasteiger partial charge on any atom is 0.222 e. The van der Waals surface area contributed by atoms with Crippen LogP contribution in [-0.2, 0) is 16.1 Å². The third-order valence-electron chi connectivity index (χ3n) is 2.71. The second kappa shape index (κ2) is 6.09. The van der Waals surface area contributed by atoms with E-state index in [2.05, 4.69) is 15.6 Å². The number of nitrogens with one attached hydrogen (secondary N) is 2. The summed E-state index contributed by atoms with van der Waals surface area (Å²) in [7, 11) is 0. The van der Waals surface area contributed by atoms with Crippen LogP contribution in [0, 0.1) is 6.92 Å². The largest absolute Gasteiger partial charge is 0.375 e. The summed E-state index contributed by atoms with van der Waals surface area (Å²) >= 11 is 1.57. The van der Waals surface area contributed by atoms with Gasteiger partial charge in [0, 0.05) is 18.0 Å². The molecular weight excluding hydrogens is 238 g/mol. The van der Waals surface area contributed by atoms with E-state index in [-0.39, 0.29) is 12.0 Å². The van der Waals surface area contributed by atoms with Gasteiger partial charge >= 0.3 is 0 Å². The molecule has 1 aromatic heterocycles. The Morgan fingerprint density at radius 2 is 2.65 bits per heavy atom. The number of morpholine rings is 1. The van der Waals surface area contributed by atoms with Crippen molar-refractivity contribution in [1.29, 1.82) is 0 Å². The number of hydrogen-bond acceptors (Lipinski definition) is 5. The molecule has 1 unspecified atom stereocenters. The lowest BCUT2D eigenvalue weighted by molar-refractivity contribution is -0.124. The Balaban J connectivity index is 1.72. The zero-order chi connectivity index (χ0) is 12.1. The van der Waals surface area contributed by atoms with Gasteiger partial charge in [0.2, 0.25) is 5.91 Å². The first-order valence-corrected chi connectivity index (χ1v) is 6.61. The maximum absolute atomic E-state index is 11.7. The molecule has 1 amide bonds. The summed E-state index contributed by atoms with van der Waals surface area (Å²) < 4.78 is 5.48.